The van der Waals surface area contributed by atoms with Crippen LogP contribution in [0.4, 0.5) is 0 Å². The van der Waals surface area contributed by atoms with Crippen LogP contribution in [-0.2, 0) is 6.54 Å². The number of aliphatic hydroxyl groups is 2. The number of aliphatic hydroxyl groups excluding tert-OH is 2. The Balaban J connectivity index is 2.60. The van der Waals surface area contributed by atoms with Gasteiger partial charge in [-0.15, -0.1) is 0 Å². The molecule has 1 unspecified atom stereocenters. The number of hydrogen-bond donors (Lipinski definition) is 3. The van der Waals surface area contributed by atoms with Crippen LogP contribution < -0.4 is 0 Å². The first-order valence-electron chi connectivity index (χ1n) is 6.07. The molecule has 1 aromatic heterocycles. The number of carboxylic acid groups (broad SMARTS) is 1. The van der Waals surface area contributed by atoms with Crippen LogP contribution in [0.3, 0.4) is 0 Å². The summed E-state index contributed by atoms with van der Waals surface area (Å²) in [5, 5.41) is 28.4. The zero-order chi connectivity index (χ0) is 14.2. The van der Waals surface area contributed by atoms with E-state index in [-0.39, 0.29) is 12.2 Å². The largest absolute Gasteiger partial charge is 0.478 e. The lowest BCUT2D eigenvalue weighted by Gasteiger charge is -2.12. The van der Waals surface area contributed by atoms with E-state index in [4.69, 9.17) is 10.2 Å². The van der Waals surface area contributed by atoms with E-state index >= 15 is 0 Å². The zero-order valence-corrected chi connectivity index (χ0v) is 10.9. The summed E-state index contributed by atoms with van der Waals surface area (Å²) < 4.78 is 1.90. The Labute approximate surface area is 110 Å². The van der Waals surface area contributed by atoms with E-state index < -0.39 is 12.1 Å². The van der Waals surface area contributed by atoms with Gasteiger partial charge < -0.3 is 19.9 Å². The van der Waals surface area contributed by atoms with Gasteiger partial charge in [0, 0.05) is 16.6 Å². The lowest BCUT2D eigenvalue weighted by molar-refractivity contribution is 0.0697. The van der Waals surface area contributed by atoms with Crippen molar-refractivity contribution in [3.05, 3.63) is 35.0 Å². The summed E-state index contributed by atoms with van der Waals surface area (Å²) in [5.74, 6) is -0.956. The summed E-state index contributed by atoms with van der Waals surface area (Å²) in [7, 11) is 0. The molecule has 0 saturated heterocycles. The number of carboxylic acids is 1. The minimum absolute atomic E-state index is 0.246. The highest BCUT2D eigenvalue weighted by Gasteiger charge is 2.15. The summed E-state index contributed by atoms with van der Waals surface area (Å²) in [6.07, 6.45) is -0.826. The summed E-state index contributed by atoms with van der Waals surface area (Å²) in [6.45, 7) is 3.83. The molecule has 0 saturated carbocycles. The maximum absolute atomic E-state index is 11.0. The highest BCUT2D eigenvalue weighted by Crippen LogP contribution is 2.26. The molecule has 0 aliphatic heterocycles. The number of carbonyl (C=O) groups is 1. The third kappa shape index (κ3) is 2.34. The van der Waals surface area contributed by atoms with E-state index in [1.54, 1.807) is 18.2 Å². The minimum atomic E-state index is -0.956. The molecule has 19 heavy (non-hydrogen) atoms. The monoisotopic (exact) mass is 263 g/mol. The van der Waals surface area contributed by atoms with Gasteiger partial charge in [0.15, 0.2) is 0 Å². The Morgan fingerprint density at radius 2 is 2.05 bits per heavy atom. The molecule has 2 aromatic rings. The van der Waals surface area contributed by atoms with Crippen LogP contribution in [0.1, 0.15) is 21.6 Å². The number of nitrogens with zero attached hydrogens (tertiary/aromatic N) is 1. The molecule has 3 N–H and O–H groups in total. The fourth-order valence-electron chi connectivity index (χ4n) is 2.29. The molecule has 1 aromatic carbocycles. The van der Waals surface area contributed by atoms with Crippen LogP contribution in [0.2, 0.25) is 0 Å². The van der Waals surface area contributed by atoms with Crippen molar-refractivity contribution in [2.45, 2.75) is 26.5 Å². The van der Waals surface area contributed by atoms with Crippen molar-refractivity contribution in [3.63, 3.8) is 0 Å². The van der Waals surface area contributed by atoms with Gasteiger partial charge in [0.1, 0.15) is 0 Å². The van der Waals surface area contributed by atoms with Crippen LogP contribution in [0.25, 0.3) is 10.9 Å². The van der Waals surface area contributed by atoms with Crippen LogP contribution in [-0.4, -0.2) is 38.6 Å². The number of aryl methyl sites for hydroxylation is 1. The van der Waals surface area contributed by atoms with Gasteiger partial charge in [-0.05, 0) is 37.6 Å². The Morgan fingerprint density at radius 3 is 2.63 bits per heavy atom. The third-order valence-electron chi connectivity index (χ3n) is 3.49. The molecule has 0 amide bonds. The third-order valence-corrected chi connectivity index (χ3v) is 3.49. The smallest absolute Gasteiger partial charge is 0.335 e. The molecule has 0 aliphatic rings. The van der Waals surface area contributed by atoms with E-state index in [1.807, 2.05) is 18.4 Å². The first-order chi connectivity index (χ1) is 8.95. The summed E-state index contributed by atoms with van der Waals surface area (Å²) in [6, 6.07) is 4.93. The average molecular weight is 263 g/mol. The van der Waals surface area contributed by atoms with Crippen molar-refractivity contribution in [3.8, 4) is 0 Å². The lowest BCUT2D eigenvalue weighted by Crippen LogP contribution is -2.20. The van der Waals surface area contributed by atoms with Crippen LogP contribution >= 0.6 is 0 Å². The Morgan fingerprint density at radius 1 is 1.37 bits per heavy atom. The van der Waals surface area contributed by atoms with Crippen LogP contribution in [0.15, 0.2) is 18.2 Å². The van der Waals surface area contributed by atoms with Crippen molar-refractivity contribution in [1.82, 2.24) is 4.57 Å². The van der Waals surface area contributed by atoms with Gasteiger partial charge in [-0.25, -0.2) is 4.79 Å². The van der Waals surface area contributed by atoms with E-state index in [0.29, 0.717) is 6.54 Å². The van der Waals surface area contributed by atoms with E-state index in [9.17, 15) is 9.90 Å². The molecule has 1 heterocycles. The molecule has 1 atom stereocenters. The topological polar surface area (TPSA) is 82.7 Å². The van der Waals surface area contributed by atoms with Crippen molar-refractivity contribution in [2.75, 3.05) is 6.61 Å². The van der Waals surface area contributed by atoms with Crippen molar-refractivity contribution >= 4 is 16.9 Å². The SMILES string of the molecule is Cc1c(C)n(CC(O)CO)c2ccc(C(=O)O)cc12. The number of fused-ring (bicyclic) bond motifs is 1. The maximum Gasteiger partial charge on any atom is 0.335 e. The van der Waals surface area contributed by atoms with Gasteiger partial charge in [-0.1, -0.05) is 0 Å². The molecular formula is C14H17NO4. The molecule has 5 heteroatoms. The van der Waals surface area contributed by atoms with E-state index in [1.165, 1.54) is 0 Å². The molecule has 0 aliphatic carbocycles. The van der Waals surface area contributed by atoms with E-state index in [2.05, 4.69) is 0 Å². The zero-order valence-electron chi connectivity index (χ0n) is 10.9. The normalized spacial score (nSPS) is 12.8. The van der Waals surface area contributed by atoms with Crippen molar-refractivity contribution in [1.29, 1.82) is 0 Å². The van der Waals surface area contributed by atoms with Gasteiger partial charge in [0.05, 0.1) is 24.8 Å². The second kappa shape index (κ2) is 5.03. The van der Waals surface area contributed by atoms with Crippen LogP contribution in [0.5, 0.6) is 0 Å². The molecule has 2 rings (SSSR count). The summed E-state index contributed by atoms with van der Waals surface area (Å²) >= 11 is 0. The van der Waals surface area contributed by atoms with E-state index in [0.717, 1.165) is 22.2 Å². The second-order valence-corrected chi connectivity index (χ2v) is 4.69. The highest BCUT2D eigenvalue weighted by molar-refractivity contribution is 5.95. The van der Waals surface area contributed by atoms with Gasteiger partial charge >= 0.3 is 5.97 Å². The predicted molar refractivity (Wildman–Crippen MR) is 71.5 cm³/mol. The average Bonchev–Trinajstić information content (AvgIpc) is 2.63. The first-order valence-corrected chi connectivity index (χ1v) is 6.07. The molecule has 0 bridgehead atoms. The maximum atomic E-state index is 11.0. The molecule has 0 fully saturated rings. The fraction of sp³-hybridized carbons (Fsp3) is 0.357. The van der Waals surface area contributed by atoms with Gasteiger partial charge in [-0.2, -0.15) is 0 Å². The number of aromatic carboxylic acids is 1. The number of hydrogen-bond acceptors (Lipinski definition) is 3. The predicted octanol–water partition coefficient (Wildman–Crippen LogP) is 1.31. The second-order valence-electron chi connectivity index (χ2n) is 4.69. The number of benzene rings is 1. The van der Waals surface area contributed by atoms with Crippen molar-refractivity contribution in [2.24, 2.45) is 0 Å². The minimum Gasteiger partial charge on any atom is -0.478 e. The van der Waals surface area contributed by atoms with Crippen molar-refractivity contribution < 1.29 is 20.1 Å². The lowest BCUT2D eigenvalue weighted by atomic mass is 10.1. The standard InChI is InChI=1S/C14H17NO4/c1-8-9(2)15(6-11(17)7-16)13-4-3-10(14(18)19)5-12(8)13/h3-5,11,16-17H,6-7H2,1-2H3,(H,18,19). The molecule has 0 spiro atoms. The molecule has 5 nitrogen and oxygen atoms in total. The summed E-state index contributed by atoms with van der Waals surface area (Å²) in [4.78, 5) is 11.0. The summed E-state index contributed by atoms with van der Waals surface area (Å²) in [5.41, 5.74) is 3.07. The van der Waals surface area contributed by atoms with Gasteiger partial charge in [-0.3, -0.25) is 0 Å². The van der Waals surface area contributed by atoms with Crippen LogP contribution in [0, 0.1) is 13.8 Å². The Hall–Kier alpha value is -1.85. The first kappa shape index (κ1) is 13.6. The van der Waals surface area contributed by atoms with Gasteiger partial charge in [0.25, 0.3) is 0 Å². The number of rotatable bonds is 4. The Bertz CT molecular complexity index is 630. The Kier molecular flexibility index (Phi) is 3.59. The molecular weight excluding hydrogens is 246 g/mol. The fourth-order valence-corrected chi connectivity index (χ4v) is 2.29. The quantitative estimate of drug-likeness (QED) is 0.776. The molecule has 0 radical (unpaired) electrons. The number of aromatic nitrogens is 1. The molecule has 102 valence electrons. The highest BCUT2D eigenvalue weighted by atomic mass is 16.4. The van der Waals surface area contributed by atoms with Gasteiger partial charge in [0.2, 0.25) is 0 Å².